The molecular formula is C15H29N3S2. The summed E-state index contributed by atoms with van der Waals surface area (Å²) >= 11 is 3.74. The van der Waals surface area contributed by atoms with Crippen LogP contribution in [0.15, 0.2) is 0 Å². The van der Waals surface area contributed by atoms with E-state index in [1.165, 1.54) is 29.2 Å². The molecule has 0 radical (unpaired) electrons. The van der Waals surface area contributed by atoms with Crippen LogP contribution in [0.25, 0.3) is 0 Å². The third kappa shape index (κ3) is 4.93. The standard InChI is InChI=1S/C15H29N3S2/c1-7-9-16-12(3)14-13(4)17-15(20-14)18(5)11(2)8-10-19-6/h11-12,16H,7-10H2,1-6H3. The molecule has 0 saturated heterocycles. The van der Waals surface area contributed by atoms with Crippen molar-refractivity contribution < 1.29 is 0 Å². The summed E-state index contributed by atoms with van der Waals surface area (Å²) < 4.78 is 0. The molecule has 1 heterocycles. The van der Waals surface area contributed by atoms with Gasteiger partial charge in [0.2, 0.25) is 0 Å². The van der Waals surface area contributed by atoms with Crippen molar-refractivity contribution in [3.8, 4) is 0 Å². The molecule has 0 spiro atoms. The maximum Gasteiger partial charge on any atom is 0.185 e. The van der Waals surface area contributed by atoms with E-state index in [1.807, 2.05) is 23.1 Å². The van der Waals surface area contributed by atoms with Gasteiger partial charge in [0.15, 0.2) is 5.13 Å². The summed E-state index contributed by atoms with van der Waals surface area (Å²) in [5.41, 5.74) is 1.17. The average Bonchev–Trinajstić information content (AvgIpc) is 2.83. The first-order valence-electron chi connectivity index (χ1n) is 7.43. The second-order valence-electron chi connectivity index (χ2n) is 5.36. The van der Waals surface area contributed by atoms with Crippen LogP contribution >= 0.6 is 23.1 Å². The van der Waals surface area contributed by atoms with Crippen molar-refractivity contribution in [3.05, 3.63) is 10.6 Å². The fourth-order valence-corrected chi connectivity index (χ4v) is 3.80. The van der Waals surface area contributed by atoms with Crippen molar-refractivity contribution >= 4 is 28.2 Å². The monoisotopic (exact) mass is 315 g/mol. The zero-order chi connectivity index (χ0) is 15.1. The van der Waals surface area contributed by atoms with Crippen molar-refractivity contribution in [3.63, 3.8) is 0 Å². The number of hydrogen-bond acceptors (Lipinski definition) is 5. The normalized spacial score (nSPS) is 14.3. The fourth-order valence-electron chi connectivity index (χ4n) is 2.07. The molecule has 2 unspecified atom stereocenters. The first kappa shape index (κ1) is 17.8. The molecule has 1 rings (SSSR count). The highest BCUT2D eigenvalue weighted by atomic mass is 32.2. The van der Waals surface area contributed by atoms with Gasteiger partial charge in [-0.2, -0.15) is 11.8 Å². The summed E-state index contributed by atoms with van der Waals surface area (Å²) in [5.74, 6) is 1.21. The van der Waals surface area contributed by atoms with E-state index in [-0.39, 0.29) is 0 Å². The second-order valence-corrected chi connectivity index (χ2v) is 7.36. The van der Waals surface area contributed by atoms with Crippen molar-refractivity contribution in [1.29, 1.82) is 0 Å². The average molecular weight is 316 g/mol. The van der Waals surface area contributed by atoms with Crippen LogP contribution in [0.2, 0.25) is 0 Å². The van der Waals surface area contributed by atoms with Gasteiger partial charge in [-0.15, -0.1) is 11.3 Å². The zero-order valence-corrected chi connectivity index (χ0v) is 15.3. The molecule has 1 aromatic rings. The van der Waals surface area contributed by atoms with Crippen LogP contribution in [-0.2, 0) is 0 Å². The van der Waals surface area contributed by atoms with Crippen LogP contribution in [0, 0.1) is 6.92 Å². The lowest BCUT2D eigenvalue weighted by Crippen LogP contribution is -2.29. The molecule has 20 heavy (non-hydrogen) atoms. The Balaban J connectivity index is 2.72. The number of thioether (sulfide) groups is 1. The lowest BCUT2D eigenvalue weighted by molar-refractivity contribution is 0.575. The van der Waals surface area contributed by atoms with Gasteiger partial charge in [-0.05, 0) is 52.2 Å². The minimum absolute atomic E-state index is 0.399. The fraction of sp³-hybridized carbons (Fsp3) is 0.800. The SMILES string of the molecule is CCCNC(C)c1sc(N(C)C(C)CCSC)nc1C. The molecule has 0 amide bonds. The van der Waals surface area contributed by atoms with E-state index in [2.05, 4.69) is 51.2 Å². The Labute approximate surface area is 132 Å². The summed E-state index contributed by atoms with van der Waals surface area (Å²) in [6, 6.07) is 0.941. The molecule has 1 N–H and O–H groups in total. The molecule has 116 valence electrons. The van der Waals surface area contributed by atoms with E-state index in [0.29, 0.717) is 12.1 Å². The van der Waals surface area contributed by atoms with E-state index in [0.717, 1.165) is 11.7 Å². The van der Waals surface area contributed by atoms with Gasteiger partial charge in [-0.25, -0.2) is 4.98 Å². The number of nitrogens with one attached hydrogen (secondary N) is 1. The van der Waals surface area contributed by atoms with Gasteiger partial charge >= 0.3 is 0 Å². The largest absolute Gasteiger partial charge is 0.348 e. The molecule has 5 heteroatoms. The molecule has 0 fully saturated rings. The summed E-state index contributed by atoms with van der Waals surface area (Å²) in [4.78, 5) is 8.46. The number of aryl methyl sites for hydroxylation is 1. The summed E-state index contributed by atoms with van der Waals surface area (Å²) in [6.07, 6.45) is 4.54. The summed E-state index contributed by atoms with van der Waals surface area (Å²) in [7, 11) is 2.16. The van der Waals surface area contributed by atoms with Gasteiger partial charge in [-0.1, -0.05) is 6.92 Å². The van der Waals surface area contributed by atoms with E-state index in [9.17, 15) is 0 Å². The number of aromatic nitrogens is 1. The molecule has 0 aliphatic heterocycles. The number of nitrogens with zero attached hydrogens (tertiary/aromatic N) is 2. The number of anilines is 1. The zero-order valence-electron chi connectivity index (χ0n) is 13.7. The highest BCUT2D eigenvalue weighted by molar-refractivity contribution is 7.98. The first-order valence-corrected chi connectivity index (χ1v) is 9.64. The maximum atomic E-state index is 4.77. The van der Waals surface area contributed by atoms with Gasteiger partial charge in [-0.3, -0.25) is 0 Å². The Morgan fingerprint density at radius 2 is 2.10 bits per heavy atom. The third-order valence-corrected chi connectivity index (χ3v) is 5.69. The molecule has 2 atom stereocenters. The molecule has 0 aliphatic rings. The van der Waals surface area contributed by atoms with Crippen LogP contribution in [-0.4, -0.2) is 36.6 Å². The molecular weight excluding hydrogens is 286 g/mol. The molecule has 0 aromatic carbocycles. The van der Waals surface area contributed by atoms with E-state index in [1.54, 1.807) is 0 Å². The Bertz CT molecular complexity index is 392. The Kier molecular flexibility index (Phi) is 7.92. The first-order chi connectivity index (χ1) is 9.51. The number of thiazole rings is 1. The van der Waals surface area contributed by atoms with Crippen molar-refractivity contribution in [2.45, 2.75) is 52.6 Å². The summed E-state index contributed by atoms with van der Waals surface area (Å²) in [6.45, 7) is 9.90. The van der Waals surface area contributed by atoms with Gasteiger partial charge in [0, 0.05) is 24.0 Å². The predicted octanol–water partition coefficient (Wildman–Crippen LogP) is 4.09. The molecule has 0 saturated carbocycles. The lowest BCUT2D eigenvalue weighted by atomic mass is 10.2. The topological polar surface area (TPSA) is 28.2 Å². The van der Waals surface area contributed by atoms with Gasteiger partial charge < -0.3 is 10.2 Å². The van der Waals surface area contributed by atoms with Gasteiger partial charge in [0.05, 0.1) is 5.69 Å². The highest BCUT2D eigenvalue weighted by Crippen LogP contribution is 2.31. The Morgan fingerprint density at radius 3 is 2.70 bits per heavy atom. The highest BCUT2D eigenvalue weighted by Gasteiger charge is 2.18. The van der Waals surface area contributed by atoms with Crippen molar-refractivity contribution in [2.75, 3.05) is 30.5 Å². The van der Waals surface area contributed by atoms with E-state index in [4.69, 9.17) is 4.98 Å². The quantitative estimate of drug-likeness (QED) is 0.743. The smallest absolute Gasteiger partial charge is 0.185 e. The maximum absolute atomic E-state index is 4.77. The number of rotatable bonds is 9. The third-order valence-electron chi connectivity index (χ3n) is 3.62. The molecule has 3 nitrogen and oxygen atoms in total. The molecule has 1 aromatic heterocycles. The number of hydrogen-bond donors (Lipinski definition) is 1. The van der Waals surface area contributed by atoms with Crippen LogP contribution < -0.4 is 10.2 Å². The minimum atomic E-state index is 0.399. The van der Waals surface area contributed by atoms with E-state index >= 15 is 0 Å². The Hall–Kier alpha value is -0.260. The lowest BCUT2D eigenvalue weighted by Gasteiger charge is -2.24. The van der Waals surface area contributed by atoms with Crippen molar-refractivity contribution in [2.24, 2.45) is 0 Å². The van der Waals surface area contributed by atoms with Crippen LogP contribution in [0.3, 0.4) is 0 Å². The predicted molar refractivity (Wildman–Crippen MR) is 94.4 cm³/mol. The second kappa shape index (κ2) is 8.90. The van der Waals surface area contributed by atoms with Gasteiger partial charge in [0.1, 0.15) is 0 Å². The molecule has 0 aliphatic carbocycles. The minimum Gasteiger partial charge on any atom is -0.348 e. The molecule has 0 bridgehead atoms. The van der Waals surface area contributed by atoms with E-state index < -0.39 is 0 Å². The summed E-state index contributed by atoms with van der Waals surface area (Å²) in [5, 5.41) is 4.70. The van der Waals surface area contributed by atoms with Crippen molar-refractivity contribution in [1.82, 2.24) is 10.3 Å². The van der Waals surface area contributed by atoms with Crippen LogP contribution in [0.4, 0.5) is 5.13 Å². The van der Waals surface area contributed by atoms with Crippen LogP contribution in [0.1, 0.15) is 50.2 Å². The van der Waals surface area contributed by atoms with Crippen LogP contribution in [0.5, 0.6) is 0 Å². The Morgan fingerprint density at radius 1 is 1.40 bits per heavy atom. The van der Waals surface area contributed by atoms with Gasteiger partial charge in [0.25, 0.3) is 0 Å².